The monoisotopic (exact) mass is 283 g/mol. The van der Waals surface area contributed by atoms with Crippen molar-refractivity contribution < 1.29 is 0 Å². The minimum absolute atomic E-state index is 1.00. The van der Waals surface area contributed by atoms with Crippen molar-refractivity contribution in [2.24, 2.45) is 0 Å². The highest BCUT2D eigenvalue weighted by Crippen LogP contribution is 2.04. The van der Waals surface area contributed by atoms with Crippen LogP contribution in [0.4, 0.5) is 0 Å². The Bertz CT molecular complexity index is 286. The highest BCUT2D eigenvalue weighted by Gasteiger charge is 1.93. The van der Waals surface area contributed by atoms with Crippen molar-refractivity contribution in [1.29, 1.82) is 0 Å². The third-order valence-electron chi connectivity index (χ3n) is 2.65. The molecule has 0 atom stereocenters. The standard InChI is InChI=1S/C14H22BrN/c1-13-7-6-8-14(11-13)12-16-10-5-3-2-4-9-15/h6-8,11,16H,2-5,9-10,12H2,1H3. The van der Waals surface area contributed by atoms with Crippen molar-refractivity contribution >= 4 is 15.9 Å². The van der Waals surface area contributed by atoms with E-state index in [-0.39, 0.29) is 0 Å². The largest absolute Gasteiger partial charge is 0.313 e. The van der Waals surface area contributed by atoms with E-state index in [2.05, 4.69) is 52.4 Å². The van der Waals surface area contributed by atoms with Crippen LogP contribution in [0.3, 0.4) is 0 Å². The lowest BCUT2D eigenvalue weighted by molar-refractivity contribution is 0.600. The Balaban J connectivity index is 2.03. The van der Waals surface area contributed by atoms with Gasteiger partial charge in [0.25, 0.3) is 0 Å². The highest BCUT2D eigenvalue weighted by molar-refractivity contribution is 9.09. The van der Waals surface area contributed by atoms with Crippen molar-refractivity contribution in [3.8, 4) is 0 Å². The summed E-state index contributed by atoms with van der Waals surface area (Å²) in [4.78, 5) is 0. The summed E-state index contributed by atoms with van der Waals surface area (Å²) in [5.41, 5.74) is 2.73. The van der Waals surface area contributed by atoms with Gasteiger partial charge in [-0.2, -0.15) is 0 Å². The number of aryl methyl sites for hydroxylation is 1. The van der Waals surface area contributed by atoms with Crippen molar-refractivity contribution in [3.63, 3.8) is 0 Å². The van der Waals surface area contributed by atoms with Gasteiger partial charge in [0, 0.05) is 11.9 Å². The minimum atomic E-state index is 1.00. The number of hydrogen-bond acceptors (Lipinski definition) is 1. The molecule has 0 aliphatic heterocycles. The Hall–Kier alpha value is -0.340. The molecule has 1 nitrogen and oxygen atoms in total. The second kappa shape index (κ2) is 8.77. The molecule has 0 heterocycles. The van der Waals surface area contributed by atoms with E-state index in [1.807, 2.05) is 0 Å². The molecule has 0 aliphatic rings. The fraction of sp³-hybridized carbons (Fsp3) is 0.571. The summed E-state index contributed by atoms with van der Waals surface area (Å²) >= 11 is 3.45. The molecule has 1 N–H and O–H groups in total. The van der Waals surface area contributed by atoms with Gasteiger partial charge in [-0.25, -0.2) is 0 Å². The van der Waals surface area contributed by atoms with Crippen molar-refractivity contribution in [2.45, 2.75) is 39.2 Å². The van der Waals surface area contributed by atoms with E-state index in [9.17, 15) is 0 Å². The van der Waals surface area contributed by atoms with E-state index in [4.69, 9.17) is 0 Å². The summed E-state index contributed by atoms with van der Waals surface area (Å²) in [7, 11) is 0. The molecule has 0 radical (unpaired) electrons. The summed E-state index contributed by atoms with van der Waals surface area (Å²) in [6, 6.07) is 8.70. The maximum absolute atomic E-state index is 3.49. The van der Waals surface area contributed by atoms with Crippen LogP contribution in [0.2, 0.25) is 0 Å². The first kappa shape index (κ1) is 13.7. The van der Waals surface area contributed by atoms with Crippen LogP contribution in [0.1, 0.15) is 36.8 Å². The minimum Gasteiger partial charge on any atom is -0.313 e. The van der Waals surface area contributed by atoms with Crippen LogP contribution in [-0.4, -0.2) is 11.9 Å². The van der Waals surface area contributed by atoms with Crippen LogP contribution in [0, 0.1) is 6.92 Å². The lowest BCUT2D eigenvalue weighted by Gasteiger charge is -2.05. The molecule has 2 heteroatoms. The summed E-state index contributed by atoms with van der Waals surface area (Å²) in [5, 5.41) is 4.64. The molecule has 1 rings (SSSR count). The third kappa shape index (κ3) is 6.29. The van der Waals surface area contributed by atoms with Gasteiger partial charge in [-0.3, -0.25) is 0 Å². The Labute approximate surface area is 108 Å². The Kier molecular flexibility index (Phi) is 7.52. The van der Waals surface area contributed by atoms with Crippen LogP contribution < -0.4 is 5.32 Å². The lowest BCUT2D eigenvalue weighted by atomic mass is 10.1. The second-order valence-electron chi connectivity index (χ2n) is 4.27. The Morgan fingerprint density at radius 2 is 1.94 bits per heavy atom. The third-order valence-corrected chi connectivity index (χ3v) is 3.21. The van der Waals surface area contributed by atoms with Crippen molar-refractivity contribution in [2.75, 3.05) is 11.9 Å². The number of nitrogens with one attached hydrogen (secondary N) is 1. The van der Waals surface area contributed by atoms with E-state index in [1.54, 1.807) is 0 Å². The van der Waals surface area contributed by atoms with Gasteiger partial charge in [0.2, 0.25) is 0 Å². The van der Waals surface area contributed by atoms with Gasteiger partial charge in [-0.1, -0.05) is 58.6 Å². The molecule has 0 fully saturated rings. The molecule has 0 aliphatic carbocycles. The first-order valence-corrected chi connectivity index (χ1v) is 7.27. The molecule has 1 aromatic carbocycles. The molecule has 0 amide bonds. The topological polar surface area (TPSA) is 12.0 Å². The fourth-order valence-electron chi connectivity index (χ4n) is 1.75. The molecule has 0 bridgehead atoms. The fourth-order valence-corrected chi connectivity index (χ4v) is 2.15. The number of rotatable bonds is 8. The van der Waals surface area contributed by atoms with Crippen LogP contribution >= 0.6 is 15.9 Å². The average molecular weight is 284 g/mol. The Morgan fingerprint density at radius 3 is 2.69 bits per heavy atom. The molecule has 0 aromatic heterocycles. The maximum atomic E-state index is 3.49. The quantitative estimate of drug-likeness (QED) is 0.561. The summed E-state index contributed by atoms with van der Waals surface area (Å²) in [6.45, 7) is 4.28. The van der Waals surface area contributed by atoms with Gasteiger partial charge in [0.1, 0.15) is 0 Å². The molecule has 90 valence electrons. The van der Waals surface area contributed by atoms with Crippen LogP contribution in [0.25, 0.3) is 0 Å². The smallest absolute Gasteiger partial charge is 0.0205 e. The number of alkyl halides is 1. The summed E-state index contributed by atoms with van der Waals surface area (Å²) in [6.07, 6.45) is 5.28. The zero-order valence-electron chi connectivity index (χ0n) is 10.1. The predicted octanol–water partition coefficient (Wildman–Crippen LogP) is 4.04. The summed E-state index contributed by atoms with van der Waals surface area (Å²) < 4.78 is 0. The van der Waals surface area contributed by atoms with E-state index in [0.717, 1.165) is 18.4 Å². The van der Waals surface area contributed by atoms with Gasteiger partial charge in [0.15, 0.2) is 0 Å². The van der Waals surface area contributed by atoms with Crippen LogP contribution in [0.15, 0.2) is 24.3 Å². The zero-order chi connectivity index (χ0) is 11.6. The number of benzene rings is 1. The maximum Gasteiger partial charge on any atom is 0.0205 e. The first-order chi connectivity index (χ1) is 7.83. The molecular weight excluding hydrogens is 262 g/mol. The molecule has 16 heavy (non-hydrogen) atoms. The van der Waals surface area contributed by atoms with E-state index >= 15 is 0 Å². The van der Waals surface area contributed by atoms with E-state index in [1.165, 1.54) is 36.8 Å². The number of hydrogen-bond donors (Lipinski definition) is 1. The predicted molar refractivity (Wildman–Crippen MR) is 75.1 cm³/mol. The first-order valence-electron chi connectivity index (χ1n) is 6.15. The number of halogens is 1. The van der Waals surface area contributed by atoms with Gasteiger partial charge in [-0.15, -0.1) is 0 Å². The SMILES string of the molecule is Cc1cccc(CNCCCCCCBr)c1. The normalized spacial score (nSPS) is 10.6. The number of unbranched alkanes of at least 4 members (excludes halogenated alkanes) is 3. The van der Waals surface area contributed by atoms with Gasteiger partial charge < -0.3 is 5.32 Å². The van der Waals surface area contributed by atoms with E-state index < -0.39 is 0 Å². The molecular formula is C14H22BrN. The zero-order valence-corrected chi connectivity index (χ0v) is 11.7. The molecule has 1 aromatic rings. The second-order valence-corrected chi connectivity index (χ2v) is 5.06. The van der Waals surface area contributed by atoms with Crippen molar-refractivity contribution in [1.82, 2.24) is 5.32 Å². The van der Waals surface area contributed by atoms with Crippen LogP contribution in [0.5, 0.6) is 0 Å². The van der Waals surface area contributed by atoms with Crippen molar-refractivity contribution in [3.05, 3.63) is 35.4 Å². The Morgan fingerprint density at radius 1 is 1.12 bits per heavy atom. The average Bonchev–Trinajstić information content (AvgIpc) is 2.28. The highest BCUT2D eigenvalue weighted by atomic mass is 79.9. The summed E-state index contributed by atoms with van der Waals surface area (Å²) in [5.74, 6) is 0. The lowest BCUT2D eigenvalue weighted by Crippen LogP contribution is -2.14. The molecule has 0 saturated heterocycles. The van der Waals surface area contributed by atoms with Gasteiger partial charge in [0.05, 0.1) is 0 Å². The molecule has 0 spiro atoms. The molecule has 0 saturated carbocycles. The molecule has 0 unspecified atom stereocenters. The van der Waals surface area contributed by atoms with Crippen LogP contribution in [-0.2, 0) is 6.54 Å². The van der Waals surface area contributed by atoms with Gasteiger partial charge >= 0.3 is 0 Å². The van der Waals surface area contributed by atoms with Gasteiger partial charge in [-0.05, 0) is 31.9 Å². The van der Waals surface area contributed by atoms with E-state index in [0.29, 0.717) is 0 Å².